The first-order valence-electron chi connectivity index (χ1n) is 19.5. The van der Waals surface area contributed by atoms with Crippen LogP contribution in [-0.4, -0.2) is 15.0 Å². The molecule has 12 rings (SSSR count). The van der Waals surface area contributed by atoms with E-state index in [1.165, 1.54) is 55.3 Å². The summed E-state index contributed by atoms with van der Waals surface area (Å²) in [5, 5.41) is 4.67. The molecule has 10 aromatic rings. The molecule has 0 aliphatic heterocycles. The quantitative estimate of drug-likeness (QED) is 0.181. The highest BCUT2D eigenvalue weighted by Crippen LogP contribution is 2.63. The molecule has 1 spiro atoms. The van der Waals surface area contributed by atoms with E-state index in [1.807, 2.05) is 6.20 Å². The largest absolute Gasteiger partial charge is 0.256 e. The molecule has 0 amide bonds. The van der Waals surface area contributed by atoms with Gasteiger partial charge < -0.3 is 0 Å². The molecule has 0 radical (unpaired) electrons. The number of benzene rings is 8. The van der Waals surface area contributed by atoms with Gasteiger partial charge in [0.15, 0.2) is 5.82 Å². The van der Waals surface area contributed by atoms with E-state index < -0.39 is 5.41 Å². The van der Waals surface area contributed by atoms with E-state index in [0.29, 0.717) is 5.82 Å². The van der Waals surface area contributed by atoms with Gasteiger partial charge in [-0.25, -0.2) is 9.97 Å². The fourth-order valence-electron chi connectivity index (χ4n) is 9.60. The van der Waals surface area contributed by atoms with Crippen LogP contribution in [0, 0.1) is 0 Å². The van der Waals surface area contributed by atoms with Crippen molar-refractivity contribution in [2.24, 2.45) is 0 Å². The van der Waals surface area contributed by atoms with Gasteiger partial charge >= 0.3 is 0 Å². The van der Waals surface area contributed by atoms with Gasteiger partial charge in [0, 0.05) is 33.8 Å². The first-order valence-corrected chi connectivity index (χ1v) is 19.5. The lowest BCUT2D eigenvalue weighted by Gasteiger charge is -2.30. The second-order valence-electron chi connectivity index (χ2n) is 15.1. The van der Waals surface area contributed by atoms with E-state index >= 15 is 0 Å². The summed E-state index contributed by atoms with van der Waals surface area (Å²) in [4.78, 5) is 15.4. The van der Waals surface area contributed by atoms with Gasteiger partial charge in [0.05, 0.1) is 22.5 Å². The molecule has 2 aliphatic rings. The molecule has 3 heteroatoms. The molecule has 0 fully saturated rings. The van der Waals surface area contributed by atoms with Crippen LogP contribution in [0.15, 0.2) is 200 Å². The third-order valence-corrected chi connectivity index (χ3v) is 12.2. The van der Waals surface area contributed by atoms with Crippen LogP contribution < -0.4 is 0 Å². The van der Waals surface area contributed by atoms with Crippen molar-refractivity contribution in [2.45, 2.75) is 5.41 Å². The summed E-state index contributed by atoms with van der Waals surface area (Å²) in [6.07, 6.45) is 1.89. The lowest BCUT2D eigenvalue weighted by Crippen LogP contribution is -2.25. The maximum absolute atomic E-state index is 5.36. The lowest BCUT2D eigenvalue weighted by molar-refractivity contribution is 0.794. The number of hydrogen-bond donors (Lipinski definition) is 0. The number of nitrogens with zero attached hydrogens (tertiary/aromatic N) is 3. The van der Waals surface area contributed by atoms with Crippen molar-refractivity contribution < 1.29 is 0 Å². The highest BCUT2D eigenvalue weighted by Gasteiger charge is 2.51. The molecule has 3 nitrogen and oxygen atoms in total. The standard InChI is InChI=1S/C54H33N3/c1-2-13-38-31-40(26-21-34(38)11-1)53-56-50(36-22-24-37(25-23-36)52-41-14-4-3-12-35(41)29-30-55-52)33-51(57-53)39-27-28-45-44-17-7-10-20-48(44)54(49(45)32-39)46-18-8-5-15-42(46)43-16-6-9-19-47(43)54/h1-33H. The van der Waals surface area contributed by atoms with Crippen LogP contribution >= 0.6 is 0 Å². The molecule has 2 aliphatic carbocycles. The molecule has 8 aromatic carbocycles. The zero-order valence-electron chi connectivity index (χ0n) is 30.9. The van der Waals surface area contributed by atoms with Gasteiger partial charge in [-0.3, -0.25) is 4.98 Å². The Morgan fingerprint density at radius 3 is 1.56 bits per heavy atom. The van der Waals surface area contributed by atoms with Crippen LogP contribution in [0.2, 0.25) is 0 Å². The predicted octanol–water partition coefficient (Wildman–Crippen LogP) is 13.2. The number of hydrogen-bond acceptors (Lipinski definition) is 3. The Hall–Kier alpha value is -7.49. The topological polar surface area (TPSA) is 38.7 Å². The maximum atomic E-state index is 5.36. The average molecular weight is 724 g/mol. The molecule has 0 saturated carbocycles. The second kappa shape index (κ2) is 12.3. The first-order chi connectivity index (χ1) is 28.2. The van der Waals surface area contributed by atoms with Gasteiger partial charge in [-0.15, -0.1) is 0 Å². The van der Waals surface area contributed by atoms with Crippen LogP contribution in [0.25, 0.3) is 89.0 Å². The summed E-state index contributed by atoms with van der Waals surface area (Å²) in [7, 11) is 0. The van der Waals surface area contributed by atoms with Gasteiger partial charge in [-0.2, -0.15) is 0 Å². The van der Waals surface area contributed by atoms with E-state index in [4.69, 9.17) is 15.0 Å². The zero-order chi connectivity index (χ0) is 37.5. The van der Waals surface area contributed by atoms with E-state index in [-0.39, 0.29) is 0 Å². The van der Waals surface area contributed by atoms with Crippen LogP contribution in [0.5, 0.6) is 0 Å². The van der Waals surface area contributed by atoms with Gasteiger partial charge in [0.1, 0.15) is 0 Å². The van der Waals surface area contributed by atoms with E-state index in [2.05, 4.69) is 194 Å². The minimum Gasteiger partial charge on any atom is -0.256 e. The summed E-state index contributed by atoms with van der Waals surface area (Å²) in [6.45, 7) is 0. The average Bonchev–Trinajstić information content (AvgIpc) is 3.76. The number of aromatic nitrogens is 3. The van der Waals surface area contributed by atoms with Crippen molar-refractivity contribution in [2.75, 3.05) is 0 Å². The molecular formula is C54H33N3. The van der Waals surface area contributed by atoms with Crippen molar-refractivity contribution in [3.8, 4) is 67.4 Å². The molecule has 0 saturated heterocycles. The van der Waals surface area contributed by atoms with Crippen LogP contribution in [0.3, 0.4) is 0 Å². The van der Waals surface area contributed by atoms with Crippen molar-refractivity contribution in [3.63, 3.8) is 0 Å². The second-order valence-corrected chi connectivity index (χ2v) is 15.1. The highest BCUT2D eigenvalue weighted by molar-refractivity contribution is 5.97. The van der Waals surface area contributed by atoms with Crippen molar-refractivity contribution in [1.82, 2.24) is 15.0 Å². The molecule has 0 atom stereocenters. The lowest BCUT2D eigenvalue weighted by atomic mass is 9.70. The third kappa shape index (κ3) is 4.69. The summed E-state index contributed by atoms with van der Waals surface area (Å²) >= 11 is 0. The predicted molar refractivity (Wildman–Crippen MR) is 233 cm³/mol. The summed E-state index contributed by atoms with van der Waals surface area (Å²) in [6, 6.07) is 70.1. The zero-order valence-corrected chi connectivity index (χ0v) is 30.9. The minimum atomic E-state index is -0.433. The number of rotatable bonds is 4. The molecule has 57 heavy (non-hydrogen) atoms. The Kier molecular flexibility index (Phi) is 6.84. The summed E-state index contributed by atoms with van der Waals surface area (Å²) in [5.74, 6) is 0.697. The minimum absolute atomic E-state index is 0.433. The summed E-state index contributed by atoms with van der Waals surface area (Å²) in [5.41, 5.74) is 16.9. The Balaban J connectivity index is 1.06. The van der Waals surface area contributed by atoms with Gasteiger partial charge in [-0.05, 0) is 84.9 Å². The third-order valence-electron chi connectivity index (χ3n) is 12.2. The van der Waals surface area contributed by atoms with Crippen molar-refractivity contribution >= 4 is 21.5 Å². The molecule has 0 N–H and O–H groups in total. The normalized spacial score (nSPS) is 13.1. The van der Waals surface area contributed by atoms with Gasteiger partial charge in [-0.1, -0.05) is 170 Å². The first kappa shape index (κ1) is 31.8. The Bertz CT molecular complexity index is 3180. The Morgan fingerprint density at radius 1 is 0.333 bits per heavy atom. The Labute approximate surface area is 330 Å². The molecule has 2 heterocycles. The molecule has 0 unspecified atom stereocenters. The van der Waals surface area contributed by atoms with E-state index in [1.54, 1.807) is 0 Å². The highest BCUT2D eigenvalue weighted by atomic mass is 14.9. The maximum Gasteiger partial charge on any atom is 0.160 e. The smallest absolute Gasteiger partial charge is 0.160 e. The van der Waals surface area contributed by atoms with Crippen molar-refractivity contribution in [1.29, 1.82) is 0 Å². The van der Waals surface area contributed by atoms with Crippen LogP contribution in [0.4, 0.5) is 0 Å². The van der Waals surface area contributed by atoms with Crippen LogP contribution in [-0.2, 0) is 5.41 Å². The summed E-state index contributed by atoms with van der Waals surface area (Å²) < 4.78 is 0. The van der Waals surface area contributed by atoms with Gasteiger partial charge in [0.25, 0.3) is 0 Å². The van der Waals surface area contributed by atoms with Gasteiger partial charge in [0.2, 0.25) is 0 Å². The fourth-order valence-corrected chi connectivity index (χ4v) is 9.60. The van der Waals surface area contributed by atoms with E-state index in [0.717, 1.165) is 50.1 Å². The fraction of sp³-hybridized carbons (Fsp3) is 0.0185. The van der Waals surface area contributed by atoms with E-state index in [9.17, 15) is 0 Å². The van der Waals surface area contributed by atoms with Crippen LogP contribution in [0.1, 0.15) is 22.3 Å². The molecule has 0 bridgehead atoms. The molecule has 2 aromatic heterocycles. The molecule has 264 valence electrons. The number of pyridine rings is 1. The SMILES string of the molecule is c1ccc2c(c1)-c1ccccc1C21c2ccccc2-c2ccc(-c3cc(-c4ccc(-c5nccc6ccccc56)cc4)nc(-c4ccc5ccccc5c4)n3)cc21. The molecular weight excluding hydrogens is 691 g/mol. The monoisotopic (exact) mass is 723 g/mol. The number of fused-ring (bicyclic) bond motifs is 12. The van der Waals surface area contributed by atoms with Crippen molar-refractivity contribution in [3.05, 3.63) is 223 Å². The Morgan fingerprint density at radius 2 is 0.860 bits per heavy atom.